The maximum Gasteiger partial charge on any atom is 0.349 e. The molecule has 2 aromatic carbocycles. The van der Waals surface area contributed by atoms with Gasteiger partial charge in [-0.15, -0.1) is 0 Å². The Bertz CT molecular complexity index is 1160. The summed E-state index contributed by atoms with van der Waals surface area (Å²) in [7, 11) is 0. The fourth-order valence-corrected chi connectivity index (χ4v) is 3.20. The minimum Gasteiger partial charge on any atom is -0.482 e. The molecule has 0 fully saturated rings. The number of esters is 1. The average Bonchev–Trinajstić information content (AvgIpc) is 2.76. The molecule has 3 aromatic rings. The van der Waals surface area contributed by atoms with Crippen LogP contribution in [0.4, 0.5) is 0 Å². The van der Waals surface area contributed by atoms with E-state index in [1.165, 1.54) is 6.07 Å². The van der Waals surface area contributed by atoms with Gasteiger partial charge < -0.3 is 19.2 Å². The van der Waals surface area contributed by atoms with Gasteiger partial charge in [0.25, 0.3) is 5.91 Å². The van der Waals surface area contributed by atoms with Gasteiger partial charge in [-0.2, -0.15) is 0 Å². The van der Waals surface area contributed by atoms with Crippen LogP contribution in [0.2, 0.25) is 0 Å². The van der Waals surface area contributed by atoms with Gasteiger partial charge in [0.2, 0.25) is 0 Å². The first-order valence-corrected chi connectivity index (χ1v) is 10.5. The van der Waals surface area contributed by atoms with Crippen molar-refractivity contribution >= 4 is 22.8 Å². The molecule has 1 N–H and O–H groups in total. The Balaban J connectivity index is 1.42. The zero-order valence-electron chi connectivity index (χ0n) is 18.5. The maximum absolute atomic E-state index is 12.3. The van der Waals surface area contributed by atoms with Gasteiger partial charge in [-0.25, -0.2) is 9.59 Å². The Morgan fingerprint density at radius 3 is 2.66 bits per heavy atom. The van der Waals surface area contributed by atoms with E-state index in [4.69, 9.17) is 13.9 Å². The number of carbonyl (C=O) groups is 2. The van der Waals surface area contributed by atoms with Crippen molar-refractivity contribution in [3.8, 4) is 5.75 Å². The second-order valence-electron chi connectivity index (χ2n) is 7.80. The highest BCUT2D eigenvalue weighted by Gasteiger charge is 2.14. The van der Waals surface area contributed by atoms with Crippen LogP contribution in [0.5, 0.6) is 5.75 Å². The van der Waals surface area contributed by atoms with E-state index in [9.17, 15) is 14.4 Å². The Morgan fingerprint density at radius 1 is 1.09 bits per heavy atom. The first kappa shape index (κ1) is 23.1. The van der Waals surface area contributed by atoms with Crippen LogP contribution in [-0.2, 0) is 9.53 Å². The van der Waals surface area contributed by atoms with Crippen molar-refractivity contribution in [2.24, 2.45) is 0 Å². The van der Waals surface area contributed by atoms with Gasteiger partial charge in [0.05, 0.1) is 6.61 Å². The van der Waals surface area contributed by atoms with Crippen molar-refractivity contribution in [1.29, 1.82) is 0 Å². The lowest BCUT2D eigenvalue weighted by atomic mass is 10.0. The van der Waals surface area contributed by atoms with Gasteiger partial charge in [0.15, 0.2) is 6.61 Å². The number of hydrogen-bond donors (Lipinski definition) is 1. The van der Waals surface area contributed by atoms with E-state index in [1.54, 1.807) is 24.3 Å². The zero-order chi connectivity index (χ0) is 23.1. The van der Waals surface area contributed by atoms with Crippen molar-refractivity contribution in [3.05, 3.63) is 75.6 Å². The Hall–Kier alpha value is -3.61. The van der Waals surface area contributed by atoms with Crippen molar-refractivity contribution in [3.63, 3.8) is 0 Å². The lowest BCUT2D eigenvalue weighted by Gasteiger charge is -2.14. The van der Waals surface area contributed by atoms with E-state index < -0.39 is 17.5 Å². The normalized spacial score (nSPS) is 10.9. The quantitative estimate of drug-likeness (QED) is 0.309. The summed E-state index contributed by atoms with van der Waals surface area (Å²) in [5.41, 5.74) is 1.75. The fraction of sp³-hybridized carbons (Fsp3) is 0.320. The molecular weight excluding hydrogens is 410 g/mol. The minimum absolute atomic E-state index is 0.0618. The third-order valence-electron chi connectivity index (χ3n) is 4.89. The van der Waals surface area contributed by atoms with Crippen LogP contribution in [0, 0.1) is 6.92 Å². The topological polar surface area (TPSA) is 94.8 Å². The number of aryl methyl sites for hydroxylation is 1. The molecule has 0 saturated heterocycles. The number of carbonyl (C=O) groups excluding carboxylic acids is 2. The molecule has 0 atom stereocenters. The number of hydrogen-bond acceptors (Lipinski definition) is 6. The van der Waals surface area contributed by atoms with Crippen molar-refractivity contribution in [2.75, 3.05) is 19.8 Å². The lowest BCUT2D eigenvalue weighted by molar-refractivity contribution is -0.146. The minimum atomic E-state index is -0.693. The molecule has 0 aliphatic carbocycles. The summed E-state index contributed by atoms with van der Waals surface area (Å²) in [6, 6.07) is 14.4. The number of ether oxygens (including phenoxy) is 2. The zero-order valence-corrected chi connectivity index (χ0v) is 18.5. The van der Waals surface area contributed by atoms with Crippen LogP contribution in [0.15, 0.2) is 57.7 Å². The first-order valence-electron chi connectivity index (χ1n) is 10.5. The van der Waals surface area contributed by atoms with Crippen LogP contribution in [0.3, 0.4) is 0 Å². The lowest BCUT2D eigenvalue weighted by Crippen LogP contribution is -2.29. The Labute approximate surface area is 186 Å². The van der Waals surface area contributed by atoms with Gasteiger partial charge >= 0.3 is 11.6 Å². The third-order valence-corrected chi connectivity index (χ3v) is 4.89. The summed E-state index contributed by atoms with van der Waals surface area (Å²) in [5.74, 6) is -0.0590. The van der Waals surface area contributed by atoms with Gasteiger partial charge in [-0.05, 0) is 48.6 Å². The summed E-state index contributed by atoms with van der Waals surface area (Å²) < 4.78 is 16.0. The Morgan fingerprint density at radius 2 is 1.88 bits per heavy atom. The van der Waals surface area contributed by atoms with Crippen molar-refractivity contribution < 1.29 is 23.5 Å². The second kappa shape index (κ2) is 10.6. The number of para-hydroxylation sites is 1. The number of rotatable bonds is 9. The van der Waals surface area contributed by atoms with Crippen LogP contribution in [-0.4, -0.2) is 31.6 Å². The predicted molar refractivity (Wildman–Crippen MR) is 121 cm³/mol. The van der Waals surface area contributed by atoms with E-state index in [0.717, 1.165) is 11.1 Å². The van der Waals surface area contributed by atoms with E-state index in [1.807, 2.05) is 25.1 Å². The predicted octanol–water partition coefficient (Wildman–Crippen LogP) is 3.97. The fourth-order valence-electron chi connectivity index (χ4n) is 3.20. The van der Waals surface area contributed by atoms with E-state index in [0.29, 0.717) is 23.1 Å². The summed E-state index contributed by atoms with van der Waals surface area (Å²) in [6.45, 7) is 6.27. The van der Waals surface area contributed by atoms with Crippen LogP contribution < -0.4 is 15.7 Å². The monoisotopic (exact) mass is 437 g/mol. The smallest absolute Gasteiger partial charge is 0.349 e. The second-order valence-corrected chi connectivity index (χ2v) is 7.80. The molecule has 3 rings (SSSR count). The molecule has 7 nitrogen and oxygen atoms in total. The van der Waals surface area contributed by atoms with Gasteiger partial charge in [-0.3, -0.25) is 4.79 Å². The SMILES string of the molecule is Cc1ccc(C(C)C)c(OCC(=O)OCCCNC(=O)c2cc3ccccc3oc2=O)c1. The van der Waals surface area contributed by atoms with Crippen LogP contribution >= 0.6 is 0 Å². The van der Waals surface area contributed by atoms with Crippen molar-refractivity contribution in [2.45, 2.75) is 33.1 Å². The molecule has 7 heteroatoms. The van der Waals surface area contributed by atoms with Crippen LogP contribution in [0.1, 0.15) is 47.7 Å². The average molecular weight is 437 g/mol. The molecule has 0 bridgehead atoms. The first-order chi connectivity index (χ1) is 15.3. The number of fused-ring (bicyclic) bond motifs is 1. The summed E-state index contributed by atoms with van der Waals surface area (Å²) >= 11 is 0. The molecule has 0 aliphatic rings. The molecule has 0 unspecified atom stereocenters. The maximum atomic E-state index is 12.3. The standard InChI is InChI=1S/C25H27NO6/c1-16(2)19-10-9-17(3)13-22(19)31-15-23(27)30-12-6-11-26-24(28)20-14-18-7-4-5-8-21(18)32-25(20)29/h4-5,7-10,13-14,16H,6,11-12,15H2,1-3H3,(H,26,28). The molecule has 0 saturated carbocycles. The molecule has 32 heavy (non-hydrogen) atoms. The highest BCUT2D eigenvalue weighted by Crippen LogP contribution is 2.27. The van der Waals surface area contributed by atoms with E-state index >= 15 is 0 Å². The Kier molecular flexibility index (Phi) is 7.65. The van der Waals surface area contributed by atoms with E-state index in [-0.39, 0.29) is 31.2 Å². The van der Waals surface area contributed by atoms with Crippen LogP contribution in [0.25, 0.3) is 11.0 Å². The molecule has 0 spiro atoms. The summed E-state index contributed by atoms with van der Waals surface area (Å²) in [6.07, 6.45) is 0.401. The molecule has 168 valence electrons. The molecule has 1 aromatic heterocycles. The third kappa shape index (κ3) is 5.97. The number of nitrogens with one attached hydrogen (secondary N) is 1. The molecule has 0 aliphatic heterocycles. The highest BCUT2D eigenvalue weighted by molar-refractivity contribution is 5.96. The van der Waals surface area contributed by atoms with Gasteiger partial charge in [-0.1, -0.05) is 44.2 Å². The summed E-state index contributed by atoms with van der Waals surface area (Å²) in [5, 5.41) is 3.31. The highest BCUT2D eigenvalue weighted by atomic mass is 16.6. The molecular formula is C25H27NO6. The molecule has 1 amide bonds. The molecule has 0 radical (unpaired) electrons. The number of amides is 1. The van der Waals surface area contributed by atoms with E-state index in [2.05, 4.69) is 19.2 Å². The van der Waals surface area contributed by atoms with Gasteiger partial charge in [0, 0.05) is 11.9 Å². The van der Waals surface area contributed by atoms with Gasteiger partial charge in [0.1, 0.15) is 16.9 Å². The van der Waals surface area contributed by atoms with Crippen molar-refractivity contribution in [1.82, 2.24) is 5.32 Å². The summed E-state index contributed by atoms with van der Waals surface area (Å²) in [4.78, 5) is 36.3. The number of benzene rings is 2. The largest absolute Gasteiger partial charge is 0.482 e. The molecule has 1 heterocycles.